The Kier molecular flexibility index (Phi) is 7.50. The standard InChI is InChI=1S/C23H27N3O5/c1-29-18-11-7-16(8-12-18)21-22(17-9-13-19(30-2)14-10-17)31-20(25-21)6-4-3-5-15-26(28)23(24)27/h7-14,28H,3-6,15H2,1-2H3,(H2,24,27). The minimum absolute atomic E-state index is 0.203. The number of hydrogen-bond donors (Lipinski definition) is 2. The molecule has 1 heterocycles. The number of benzene rings is 2. The number of urea groups is 1. The van der Waals surface area contributed by atoms with Crippen molar-refractivity contribution in [3.63, 3.8) is 0 Å². The molecule has 164 valence electrons. The molecule has 3 rings (SSSR count). The molecule has 8 nitrogen and oxygen atoms in total. The molecule has 0 atom stereocenters. The van der Waals surface area contributed by atoms with Crippen LogP contribution in [0.3, 0.4) is 0 Å². The monoisotopic (exact) mass is 425 g/mol. The van der Waals surface area contributed by atoms with Crippen molar-refractivity contribution < 1.29 is 23.9 Å². The second-order valence-electron chi connectivity index (χ2n) is 7.01. The van der Waals surface area contributed by atoms with Gasteiger partial charge in [0, 0.05) is 17.5 Å². The summed E-state index contributed by atoms with van der Waals surface area (Å²) >= 11 is 0. The Balaban J connectivity index is 1.77. The number of aryl methyl sites for hydroxylation is 1. The fraction of sp³-hybridized carbons (Fsp3) is 0.304. The molecule has 31 heavy (non-hydrogen) atoms. The molecule has 0 spiro atoms. The summed E-state index contributed by atoms with van der Waals surface area (Å²) in [6, 6.07) is 14.5. The number of amides is 2. The van der Waals surface area contributed by atoms with Crippen molar-refractivity contribution in [1.82, 2.24) is 10.0 Å². The van der Waals surface area contributed by atoms with Gasteiger partial charge in [-0.25, -0.2) is 14.8 Å². The summed E-state index contributed by atoms with van der Waals surface area (Å²) in [5.74, 6) is 2.86. The van der Waals surface area contributed by atoms with Crippen molar-refractivity contribution in [3.05, 3.63) is 54.4 Å². The molecule has 0 saturated carbocycles. The minimum atomic E-state index is -0.846. The first-order valence-electron chi connectivity index (χ1n) is 10.1. The highest BCUT2D eigenvalue weighted by atomic mass is 16.5. The van der Waals surface area contributed by atoms with Gasteiger partial charge in [-0.15, -0.1) is 0 Å². The van der Waals surface area contributed by atoms with Crippen molar-refractivity contribution in [1.29, 1.82) is 0 Å². The molecule has 0 bridgehead atoms. The van der Waals surface area contributed by atoms with Crippen LogP contribution in [0.2, 0.25) is 0 Å². The smallest absolute Gasteiger partial charge is 0.338 e. The van der Waals surface area contributed by atoms with E-state index in [9.17, 15) is 10.0 Å². The summed E-state index contributed by atoms with van der Waals surface area (Å²) < 4.78 is 16.6. The number of unbranched alkanes of at least 4 members (excludes halogenated alkanes) is 2. The van der Waals surface area contributed by atoms with Crippen LogP contribution in [0.1, 0.15) is 25.2 Å². The second kappa shape index (κ2) is 10.5. The third-order valence-corrected chi connectivity index (χ3v) is 4.90. The molecule has 0 unspecified atom stereocenters. The van der Waals surface area contributed by atoms with E-state index in [4.69, 9.17) is 24.6 Å². The first-order chi connectivity index (χ1) is 15.0. The molecule has 8 heteroatoms. The number of hydrogen-bond acceptors (Lipinski definition) is 6. The van der Waals surface area contributed by atoms with Gasteiger partial charge in [0.1, 0.15) is 17.2 Å². The van der Waals surface area contributed by atoms with E-state index in [0.717, 1.165) is 41.2 Å². The van der Waals surface area contributed by atoms with Crippen LogP contribution in [0.25, 0.3) is 22.6 Å². The summed E-state index contributed by atoms with van der Waals surface area (Å²) in [6.45, 7) is 0.203. The number of primary amides is 1. The number of carbonyl (C=O) groups is 1. The van der Waals surface area contributed by atoms with Gasteiger partial charge in [-0.3, -0.25) is 5.21 Å². The van der Waals surface area contributed by atoms with Gasteiger partial charge in [0.2, 0.25) is 0 Å². The van der Waals surface area contributed by atoms with Crippen LogP contribution in [-0.2, 0) is 6.42 Å². The molecule has 2 aromatic carbocycles. The average molecular weight is 425 g/mol. The molecule has 0 saturated heterocycles. The molecule has 0 radical (unpaired) electrons. The van der Waals surface area contributed by atoms with Gasteiger partial charge in [0.25, 0.3) is 0 Å². The highest BCUT2D eigenvalue weighted by molar-refractivity contribution is 5.77. The molecular formula is C23H27N3O5. The van der Waals surface area contributed by atoms with E-state index in [2.05, 4.69) is 0 Å². The minimum Gasteiger partial charge on any atom is -0.497 e. The van der Waals surface area contributed by atoms with Crippen molar-refractivity contribution in [2.24, 2.45) is 5.73 Å². The molecular weight excluding hydrogens is 398 g/mol. The zero-order valence-corrected chi connectivity index (χ0v) is 17.7. The van der Waals surface area contributed by atoms with Gasteiger partial charge < -0.3 is 19.6 Å². The van der Waals surface area contributed by atoms with E-state index in [-0.39, 0.29) is 6.54 Å². The predicted molar refractivity (Wildman–Crippen MR) is 116 cm³/mol. The number of ether oxygens (including phenoxy) is 2. The third-order valence-electron chi connectivity index (χ3n) is 4.90. The largest absolute Gasteiger partial charge is 0.497 e. The van der Waals surface area contributed by atoms with Crippen LogP contribution in [-0.4, -0.2) is 42.0 Å². The molecule has 2 amide bonds. The summed E-state index contributed by atoms with van der Waals surface area (Å²) in [5.41, 5.74) is 7.60. The van der Waals surface area contributed by atoms with Crippen LogP contribution in [0.5, 0.6) is 11.5 Å². The summed E-state index contributed by atoms with van der Waals surface area (Å²) in [4.78, 5) is 15.6. The highest BCUT2D eigenvalue weighted by Crippen LogP contribution is 2.34. The Morgan fingerprint density at radius 1 is 0.968 bits per heavy atom. The van der Waals surface area contributed by atoms with E-state index in [0.29, 0.717) is 29.6 Å². The van der Waals surface area contributed by atoms with E-state index in [1.807, 2.05) is 48.5 Å². The van der Waals surface area contributed by atoms with E-state index in [1.54, 1.807) is 14.2 Å². The molecule has 1 aromatic heterocycles. The topological polar surface area (TPSA) is 111 Å². The van der Waals surface area contributed by atoms with Crippen LogP contribution in [0.15, 0.2) is 52.9 Å². The number of nitrogens with zero attached hydrogens (tertiary/aromatic N) is 2. The van der Waals surface area contributed by atoms with Crippen molar-refractivity contribution in [2.45, 2.75) is 25.7 Å². The van der Waals surface area contributed by atoms with Crippen molar-refractivity contribution >= 4 is 6.03 Å². The van der Waals surface area contributed by atoms with Crippen LogP contribution in [0, 0.1) is 0 Å². The van der Waals surface area contributed by atoms with Gasteiger partial charge in [-0.1, -0.05) is 6.42 Å². The number of oxazole rings is 1. The lowest BCUT2D eigenvalue weighted by atomic mass is 10.1. The Hall–Kier alpha value is -3.52. The quantitative estimate of drug-likeness (QED) is 0.281. The summed E-state index contributed by atoms with van der Waals surface area (Å²) in [6.07, 6.45) is 2.87. The van der Waals surface area contributed by atoms with Gasteiger partial charge in [-0.05, 0) is 61.4 Å². The fourth-order valence-corrected chi connectivity index (χ4v) is 3.18. The fourth-order valence-electron chi connectivity index (χ4n) is 3.18. The Labute approximate surface area is 181 Å². The number of methoxy groups -OCH3 is 2. The summed E-state index contributed by atoms with van der Waals surface area (Å²) in [7, 11) is 3.26. The molecule has 3 N–H and O–H groups in total. The number of hydroxylamine groups is 2. The number of aromatic nitrogens is 1. The van der Waals surface area contributed by atoms with Crippen LogP contribution >= 0.6 is 0 Å². The van der Waals surface area contributed by atoms with Crippen LogP contribution in [0.4, 0.5) is 4.79 Å². The Morgan fingerprint density at radius 3 is 2.10 bits per heavy atom. The second-order valence-corrected chi connectivity index (χ2v) is 7.01. The molecule has 0 aliphatic carbocycles. The first kappa shape index (κ1) is 22.2. The Bertz CT molecular complexity index is 918. The van der Waals surface area contributed by atoms with Crippen molar-refractivity contribution in [3.8, 4) is 34.1 Å². The van der Waals surface area contributed by atoms with Gasteiger partial charge in [0.15, 0.2) is 11.7 Å². The maximum Gasteiger partial charge on any atom is 0.338 e. The Morgan fingerprint density at radius 2 is 1.55 bits per heavy atom. The zero-order valence-electron chi connectivity index (χ0n) is 17.7. The third kappa shape index (κ3) is 5.76. The summed E-state index contributed by atoms with van der Waals surface area (Å²) in [5, 5.41) is 9.84. The normalized spacial score (nSPS) is 10.7. The molecule has 3 aromatic rings. The lowest BCUT2D eigenvalue weighted by Gasteiger charge is -2.10. The lowest BCUT2D eigenvalue weighted by molar-refractivity contribution is -0.0403. The number of carbonyl (C=O) groups excluding carboxylic acids is 1. The highest BCUT2D eigenvalue weighted by Gasteiger charge is 2.17. The van der Waals surface area contributed by atoms with E-state index in [1.165, 1.54) is 0 Å². The predicted octanol–water partition coefficient (Wildman–Crippen LogP) is 4.51. The lowest BCUT2D eigenvalue weighted by Crippen LogP contribution is -2.33. The number of nitrogens with two attached hydrogens (primary N) is 1. The number of rotatable bonds is 10. The van der Waals surface area contributed by atoms with E-state index >= 15 is 0 Å². The molecule has 0 aliphatic rings. The van der Waals surface area contributed by atoms with Crippen LogP contribution < -0.4 is 15.2 Å². The van der Waals surface area contributed by atoms with E-state index < -0.39 is 6.03 Å². The van der Waals surface area contributed by atoms with Gasteiger partial charge >= 0.3 is 6.03 Å². The molecule has 0 aliphatic heterocycles. The first-order valence-corrected chi connectivity index (χ1v) is 10.1. The van der Waals surface area contributed by atoms with Gasteiger partial charge in [-0.2, -0.15) is 0 Å². The average Bonchev–Trinajstić information content (AvgIpc) is 3.23. The maximum absolute atomic E-state index is 10.8. The zero-order chi connectivity index (χ0) is 22.2. The van der Waals surface area contributed by atoms with Crippen molar-refractivity contribution in [2.75, 3.05) is 20.8 Å². The SMILES string of the molecule is COc1ccc(-c2nc(CCCCCN(O)C(N)=O)oc2-c2ccc(OC)cc2)cc1. The molecule has 0 fully saturated rings. The van der Waals surface area contributed by atoms with Gasteiger partial charge in [0.05, 0.1) is 20.8 Å². The maximum atomic E-state index is 10.8.